The summed E-state index contributed by atoms with van der Waals surface area (Å²) in [6.45, 7) is 1.63. The van der Waals surface area contributed by atoms with Gasteiger partial charge in [-0.25, -0.2) is 4.79 Å². The van der Waals surface area contributed by atoms with Crippen LogP contribution in [0.2, 0.25) is 0 Å². The predicted octanol–water partition coefficient (Wildman–Crippen LogP) is 3.58. The van der Waals surface area contributed by atoms with Crippen LogP contribution in [0, 0.1) is 6.92 Å². The highest BCUT2D eigenvalue weighted by molar-refractivity contribution is 5.95. The van der Waals surface area contributed by atoms with Gasteiger partial charge in [-0.1, -0.05) is 23.8 Å². The Hall–Kier alpha value is -3.34. The van der Waals surface area contributed by atoms with Gasteiger partial charge in [-0.15, -0.1) is 0 Å². The van der Waals surface area contributed by atoms with Gasteiger partial charge in [-0.3, -0.25) is 4.79 Å². The van der Waals surface area contributed by atoms with Crippen molar-refractivity contribution in [3.63, 3.8) is 0 Å². The molecular formula is C20H18N2O3. The monoisotopic (exact) mass is 334 g/mol. The van der Waals surface area contributed by atoms with Crippen molar-refractivity contribution in [3.05, 3.63) is 84.2 Å². The van der Waals surface area contributed by atoms with Crippen molar-refractivity contribution in [2.24, 2.45) is 0 Å². The van der Waals surface area contributed by atoms with Gasteiger partial charge in [0.2, 0.25) is 0 Å². The Bertz CT molecular complexity index is 868. The number of amides is 1. The smallest absolute Gasteiger partial charge is 0.338 e. The molecule has 0 atom stereocenters. The number of benzene rings is 2. The van der Waals surface area contributed by atoms with Gasteiger partial charge in [0.05, 0.1) is 5.56 Å². The summed E-state index contributed by atoms with van der Waals surface area (Å²) >= 11 is 0. The molecule has 1 N–H and O–H groups in total. The van der Waals surface area contributed by atoms with E-state index in [0.717, 1.165) is 11.3 Å². The highest BCUT2D eigenvalue weighted by Gasteiger charge is 2.11. The van der Waals surface area contributed by atoms with E-state index in [1.54, 1.807) is 30.3 Å². The molecule has 0 saturated heterocycles. The van der Waals surface area contributed by atoms with E-state index >= 15 is 0 Å². The summed E-state index contributed by atoms with van der Waals surface area (Å²) in [5, 5.41) is 2.69. The number of carbonyl (C=O) groups is 2. The van der Waals surface area contributed by atoms with Gasteiger partial charge in [0.15, 0.2) is 6.61 Å². The average Bonchev–Trinajstić information content (AvgIpc) is 3.16. The zero-order valence-electron chi connectivity index (χ0n) is 13.8. The summed E-state index contributed by atoms with van der Waals surface area (Å²) in [6.07, 6.45) is 3.78. The van der Waals surface area contributed by atoms with Crippen LogP contribution in [0.3, 0.4) is 0 Å². The number of carbonyl (C=O) groups excluding carboxylic acids is 2. The third-order valence-electron chi connectivity index (χ3n) is 3.65. The van der Waals surface area contributed by atoms with Crippen molar-refractivity contribution in [1.82, 2.24) is 4.57 Å². The molecule has 3 rings (SSSR count). The maximum Gasteiger partial charge on any atom is 0.338 e. The van der Waals surface area contributed by atoms with Gasteiger partial charge >= 0.3 is 5.97 Å². The lowest BCUT2D eigenvalue weighted by Gasteiger charge is -2.08. The van der Waals surface area contributed by atoms with E-state index in [9.17, 15) is 9.59 Å². The van der Waals surface area contributed by atoms with Crippen LogP contribution in [-0.2, 0) is 9.53 Å². The van der Waals surface area contributed by atoms with Crippen molar-refractivity contribution in [1.29, 1.82) is 0 Å². The summed E-state index contributed by atoms with van der Waals surface area (Å²) in [5.41, 5.74) is 3.02. The Balaban J connectivity index is 1.58. The maximum absolute atomic E-state index is 12.2. The minimum absolute atomic E-state index is 0.333. The topological polar surface area (TPSA) is 60.3 Å². The molecule has 126 valence electrons. The number of hydrogen-bond donors (Lipinski definition) is 1. The first-order valence-corrected chi connectivity index (χ1v) is 7.89. The zero-order chi connectivity index (χ0) is 17.6. The summed E-state index contributed by atoms with van der Waals surface area (Å²) in [6, 6.07) is 18.3. The van der Waals surface area contributed by atoms with E-state index < -0.39 is 5.97 Å². The largest absolute Gasteiger partial charge is 0.452 e. The van der Waals surface area contributed by atoms with E-state index in [1.165, 1.54) is 0 Å². The molecule has 0 fully saturated rings. The van der Waals surface area contributed by atoms with Crippen molar-refractivity contribution in [3.8, 4) is 5.69 Å². The Morgan fingerprint density at radius 1 is 1.00 bits per heavy atom. The van der Waals surface area contributed by atoms with E-state index in [1.807, 2.05) is 54.2 Å². The molecule has 0 aliphatic carbocycles. The molecule has 0 spiro atoms. The summed E-state index contributed by atoms with van der Waals surface area (Å²) in [7, 11) is 0. The molecule has 5 nitrogen and oxygen atoms in total. The number of aryl methyl sites for hydroxylation is 1. The molecule has 2 aromatic carbocycles. The van der Waals surface area contributed by atoms with Gasteiger partial charge < -0.3 is 14.6 Å². The van der Waals surface area contributed by atoms with Crippen LogP contribution < -0.4 is 5.32 Å². The van der Waals surface area contributed by atoms with Crippen molar-refractivity contribution >= 4 is 17.6 Å². The third-order valence-corrected chi connectivity index (χ3v) is 3.65. The van der Waals surface area contributed by atoms with Crippen LogP contribution in [0.1, 0.15) is 15.9 Å². The van der Waals surface area contributed by atoms with Crippen LogP contribution in [0.15, 0.2) is 73.1 Å². The molecular weight excluding hydrogens is 316 g/mol. The molecule has 5 heteroatoms. The number of hydrogen-bond acceptors (Lipinski definition) is 3. The zero-order valence-corrected chi connectivity index (χ0v) is 13.8. The number of esters is 1. The lowest BCUT2D eigenvalue weighted by molar-refractivity contribution is -0.119. The van der Waals surface area contributed by atoms with Crippen LogP contribution in [0.25, 0.3) is 5.69 Å². The lowest BCUT2D eigenvalue weighted by atomic mass is 10.2. The molecule has 0 aliphatic rings. The van der Waals surface area contributed by atoms with Crippen molar-refractivity contribution in [2.75, 3.05) is 11.9 Å². The Labute approximate surface area is 145 Å². The van der Waals surface area contributed by atoms with Crippen LogP contribution >= 0.6 is 0 Å². The number of nitrogens with zero attached hydrogens (tertiary/aromatic N) is 1. The molecule has 0 unspecified atom stereocenters. The molecule has 0 bridgehead atoms. The second-order valence-corrected chi connectivity index (χ2v) is 5.63. The molecule has 1 amide bonds. The van der Waals surface area contributed by atoms with Crippen molar-refractivity contribution in [2.45, 2.75) is 6.92 Å². The normalized spacial score (nSPS) is 10.3. The number of aromatic nitrogens is 1. The van der Waals surface area contributed by atoms with Gasteiger partial charge in [-0.05, 0) is 49.4 Å². The van der Waals surface area contributed by atoms with Gasteiger partial charge in [0.1, 0.15) is 0 Å². The minimum Gasteiger partial charge on any atom is -0.452 e. The second-order valence-electron chi connectivity index (χ2n) is 5.63. The lowest BCUT2D eigenvalue weighted by Crippen LogP contribution is -2.21. The maximum atomic E-state index is 12.2. The van der Waals surface area contributed by atoms with E-state index in [4.69, 9.17) is 4.74 Å². The SMILES string of the molecule is Cc1ccc(NC(=O)COC(=O)c2cccc(-n3cccc3)c2)cc1. The van der Waals surface area contributed by atoms with Crippen LogP contribution in [0.4, 0.5) is 5.69 Å². The Morgan fingerprint density at radius 3 is 2.44 bits per heavy atom. The molecule has 0 radical (unpaired) electrons. The molecule has 0 saturated carbocycles. The van der Waals surface area contributed by atoms with Gasteiger partial charge in [0.25, 0.3) is 5.91 Å². The summed E-state index contributed by atoms with van der Waals surface area (Å²) < 4.78 is 6.99. The first-order valence-electron chi connectivity index (χ1n) is 7.89. The molecule has 3 aromatic rings. The fraction of sp³-hybridized carbons (Fsp3) is 0.100. The quantitative estimate of drug-likeness (QED) is 0.726. The molecule has 25 heavy (non-hydrogen) atoms. The number of ether oxygens (including phenoxy) is 1. The predicted molar refractivity (Wildman–Crippen MR) is 95.9 cm³/mol. The molecule has 1 heterocycles. The first-order chi connectivity index (χ1) is 12.1. The fourth-order valence-corrected chi connectivity index (χ4v) is 2.35. The highest BCUT2D eigenvalue weighted by atomic mass is 16.5. The second kappa shape index (κ2) is 7.49. The fourth-order valence-electron chi connectivity index (χ4n) is 2.35. The van der Waals surface area contributed by atoms with E-state index in [0.29, 0.717) is 11.3 Å². The minimum atomic E-state index is -0.534. The summed E-state index contributed by atoms with van der Waals surface area (Å²) in [5.74, 6) is -0.910. The third kappa shape index (κ3) is 4.35. The number of anilines is 1. The number of rotatable bonds is 5. The summed E-state index contributed by atoms with van der Waals surface area (Å²) in [4.78, 5) is 24.1. The average molecular weight is 334 g/mol. The Morgan fingerprint density at radius 2 is 1.72 bits per heavy atom. The molecule has 1 aromatic heterocycles. The van der Waals surface area contributed by atoms with Crippen molar-refractivity contribution < 1.29 is 14.3 Å². The first kappa shape index (κ1) is 16.5. The van der Waals surface area contributed by atoms with Crippen LogP contribution in [-0.4, -0.2) is 23.1 Å². The Kier molecular flexibility index (Phi) is 4.95. The van der Waals surface area contributed by atoms with E-state index in [2.05, 4.69) is 5.32 Å². The van der Waals surface area contributed by atoms with Gasteiger partial charge in [0, 0.05) is 23.8 Å². The van der Waals surface area contributed by atoms with E-state index in [-0.39, 0.29) is 12.5 Å². The highest BCUT2D eigenvalue weighted by Crippen LogP contribution is 2.12. The van der Waals surface area contributed by atoms with Gasteiger partial charge in [-0.2, -0.15) is 0 Å². The number of nitrogens with one attached hydrogen (secondary N) is 1. The molecule has 0 aliphatic heterocycles. The standard InChI is InChI=1S/C20H18N2O3/c1-15-7-9-17(10-8-15)21-19(23)14-25-20(24)16-5-4-6-18(13-16)22-11-2-3-12-22/h2-13H,14H2,1H3,(H,21,23). The van der Waals surface area contributed by atoms with Crippen LogP contribution in [0.5, 0.6) is 0 Å².